The van der Waals surface area contributed by atoms with Gasteiger partial charge in [-0.05, 0) is 30.3 Å². The number of methoxy groups -OCH3 is 2. The van der Waals surface area contributed by atoms with E-state index in [1.807, 2.05) is 24.3 Å². The predicted octanol–water partition coefficient (Wildman–Crippen LogP) is 3.39. The van der Waals surface area contributed by atoms with Gasteiger partial charge in [0.05, 0.1) is 37.6 Å². The number of esters is 2. The molecule has 29 heavy (non-hydrogen) atoms. The number of benzene rings is 2. The highest BCUT2D eigenvalue weighted by atomic mass is 16.6. The minimum absolute atomic E-state index is 0.255. The van der Waals surface area contributed by atoms with Crippen LogP contribution in [0.15, 0.2) is 48.5 Å². The molecule has 2 aromatic carbocycles. The van der Waals surface area contributed by atoms with Gasteiger partial charge in [-0.3, -0.25) is 0 Å². The average molecular weight is 393 g/mol. The van der Waals surface area contributed by atoms with E-state index in [4.69, 9.17) is 18.9 Å². The van der Waals surface area contributed by atoms with Crippen molar-refractivity contribution in [3.8, 4) is 22.8 Å². The molecule has 3 aromatic rings. The number of aromatic nitrogens is 1. The smallest absolute Gasteiger partial charge is 0.347 e. The molecular weight excluding hydrogens is 374 g/mol. The van der Waals surface area contributed by atoms with E-state index in [1.54, 1.807) is 38.5 Å². The summed E-state index contributed by atoms with van der Waals surface area (Å²) < 4.78 is 20.9. The molecule has 7 heteroatoms. The average Bonchev–Trinajstić information content (AvgIpc) is 3.16. The van der Waals surface area contributed by atoms with E-state index < -0.39 is 18.0 Å². The third-order valence-corrected chi connectivity index (χ3v) is 4.75. The summed E-state index contributed by atoms with van der Waals surface area (Å²) in [5, 5.41) is 0.646. The quantitative estimate of drug-likeness (QED) is 0.614. The van der Waals surface area contributed by atoms with Gasteiger partial charge in [-0.2, -0.15) is 0 Å². The number of nitrogens with zero attached hydrogens (tertiary/aromatic N) is 1. The predicted molar refractivity (Wildman–Crippen MR) is 105 cm³/mol. The number of fused-ring (bicyclic) bond motifs is 1. The summed E-state index contributed by atoms with van der Waals surface area (Å²) in [6.45, 7) is 0.255. The van der Waals surface area contributed by atoms with Crippen LogP contribution in [0.5, 0.6) is 11.5 Å². The van der Waals surface area contributed by atoms with Gasteiger partial charge in [-0.15, -0.1) is 0 Å². The number of hydrogen-bond acceptors (Lipinski definition) is 7. The lowest BCUT2D eigenvalue weighted by Crippen LogP contribution is -2.23. The number of pyridine rings is 1. The van der Waals surface area contributed by atoms with Crippen molar-refractivity contribution in [3.05, 3.63) is 54.1 Å². The molecule has 0 bridgehead atoms. The molecule has 1 saturated heterocycles. The van der Waals surface area contributed by atoms with Crippen LogP contribution in [0.25, 0.3) is 22.2 Å². The van der Waals surface area contributed by atoms with Gasteiger partial charge in [0.1, 0.15) is 0 Å². The summed E-state index contributed by atoms with van der Waals surface area (Å²) in [6, 6.07) is 14.3. The van der Waals surface area contributed by atoms with Crippen LogP contribution in [-0.4, -0.2) is 43.9 Å². The zero-order valence-corrected chi connectivity index (χ0v) is 16.0. The standard InChI is InChI=1S/C22H19NO6/c1-26-18-8-7-13(11-20(18)27-2)17-12-15(14-5-3-4-6-16(14)23-17)21(24)29-19-9-10-28-22(19)25/h3-8,11-12,19H,9-10H2,1-2H3/t19-/m0/s1. The highest BCUT2D eigenvalue weighted by molar-refractivity contribution is 6.05. The van der Waals surface area contributed by atoms with Crippen molar-refractivity contribution in [3.63, 3.8) is 0 Å². The largest absolute Gasteiger partial charge is 0.493 e. The second-order valence-electron chi connectivity index (χ2n) is 6.49. The zero-order chi connectivity index (χ0) is 20.4. The fourth-order valence-corrected chi connectivity index (χ4v) is 3.26. The van der Waals surface area contributed by atoms with Gasteiger partial charge in [0.2, 0.25) is 6.10 Å². The number of rotatable bonds is 5. The highest BCUT2D eigenvalue weighted by Gasteiger charge is 2.31. The maximum Gasteiger partial charge on any atom is 0.347 e. The van der Waals surface area contributed by atoms with E-state index in [0.29, 0.717) is 40.1 Å². The molecule has 1 aliphatic heterocycles. The molecule has 4 rings (SSSR count). The molecule has 0 amide bonds. The van der Waals surface area contributed by atoms with Gasteiger partial charge in [0, 0.05) is 17.4 Å². The highest BCUT2D eigenvalue weighted by Crippen LogP contribution is 2.33. The Kier molecular flexibility index (Phi) is 5.03. The molecule has 1 aliphatic rings. The van der Waals surface area contributed by atoms with Gasteiger partial charge >= 0.3 is 11.9 Å². The fraction of sp³-hybridized carbons (Fsp3) is 0.227. The number of para-hydroxylation sites is 1. The minimum Gasteiger partial charge on any atom is -0.493 e. The molecule has 0 radical (unpaired) electrons. The molecule has 148 valence electrons. The van der Waals surface area contributed by atoms with Crippen molar-refractivity contribution in [2.24, 2.45) is 0 Å². The molecule has 0 N–H and O–H groups in total. The van der Waals surface area contributed by atoms with Crippen molar-refractivity contribution in [1.29, 1.82) is 0 Å². The lowest BCUT2D eigenvalue weighted by molar-refractivity contribution is -0.145. The molecule has 1 aromatic heterocycles. The van der Waals surface area contributed by atoms with Crippen LogP contribution in [0.1, 0.15) is 16.8 Å². The molecule has 0 saturated carbocycles. The SMILES string of the molecule is COc1ccc(-c2cc(C(=O)O[C@H]3CCOC3=O)c3ccccc3n2)cc1OC. The molecule has 0 aliphatic carbocycles. The van der Waals surface area contributed by atoms with E-state index in [1.165, 1.54) is 0 Å². The Morgan fingerprint density at radius 2 is 1.86 bits per heavy atom. The molecule has 1 atom stereocenters. The minimum atomic E-state index is -0.876. The molecule has 1 fully saturated rings. The normalized spacial score (nSPS) is 15.8. The Balaban J connectivity index is 1.78. The van der Waals surface area contributed by atoms with Crippen LogP contribution in [0.2, 0.25) is 0 Å². The van der Waals surface area contributed by atoms with Gasteiger partial charge in [0.25, 0.3) is 0 Å². The number of carbonyl (C=O) groups excluding carboxylic acids is 2. The van der Waals surface area contributed by atoms with Gasteiger partial charge < -0.3 is 18.9 Å². The van der Waals surface area contributed by atoms with Crippen LogP contribution in [0.3, 0.4) is 0 Å². The third-order valence-electron chi connectivity index (χ3n) is 4.75. The van der Waals surface area contributed by atoms with Crippen molar-refractivity contribution >= 4 is 22.8 Å². The first-order valence-corrected chi connectivity index (χ1v) is 9.10. The number of carbonyl (C=O) groups is 2. The van der Waals surface area contributed by atoms with Gasteiger partial charge in [0.15, 0.2) is 11.5 Å². The molecular formula is C22H19NO6. The maximum atomic E-state index is 12.9. The maximum absolute atomic E-state index is 12.9. The fourth-order valence-electron chi connectivity index (χ4n) is 3.26. The Hall–Kier alpha value is -3.61. The topological polar surface area (TPSA) is 84.0 Å². The van der Waals surface area contributed by atoms with Gasteiger partial charge in [-0.1, -0.05) is 18.2 Å². The summed E-state index contributed by atoms with van der Waals surface area (Å²) in [6.07, 6.45) is -0.519. The summed E-state index contributed by atoms with van der Waals surface area (Å²) in [5.41, 5.74) is 2.30. The monoisotopic (exact) mass is 393 g/mol. The molecule has 0 spiro atoms. The van der Waals surface area contributed by atoms with E-state index in [0.717, 1.165) is 5.56 Å². The molecule has 2 heterocycles. The van der Waals surface area contributed by atoms with E-state index in [2.05, 4.69) is 4.98 Å². The first kappa shape index (κ1) is 18.7. The molecule has 7 nitrogen and oxygen atoms in total. The second-order valence-corrected chi connectivity index (χ2v) is 6.49. The first-order valence-electron chi connectivity index (χ1n) is 9.10. The summed E-state index contributed by atoms with van der Waals surface area (Å²) in [5.74, 6) is 0.0419. The van der Waals surface area contributed by atoms with Crippen LogP contribution < -0.4 is 9.47 Å². The Morgan fingerprint density at radius 1 is 1.07 bits per heavy atom. The van der Waals surface area contributed by atoms with E-state index in [-0.39, 0.29) is 6.61 Å². The van der Waals surface area contributed by atoms with Crippen molar-refractivity contribution in [1.82, 2.24) is 4.98 Å². The van der Waals surface area contributed by atoms with Crippen molar-refractivity contribution in [2.75, 3.05) is 20.8 Å². The number of cyclic esters (lactones) is 1. The summed E-state index contributed by atoms with van der Waals surface area (Å²) in [4.78, 5) is 29.2. The summed E-state index contributed by atoms with van der Waals surface area (Å²) >= 11 is 0. The Bertz CT molecular complexity index is 1090. The summed E-state index contributed by atoms with van der Waals surface area (Å²) in [7, 11) is 3.12. The molecule has 0 unspecified atom stereocenters. The van der Waals surface area contributed by atoms with Crippen molar-refractivity contribution in [2.45, 2.75) is 12.5 Å². The lowest BCUT2D eigenvalue weighted by Gasteiger charge is -2.13. The zero-order valence-electron chi connectivity index (χ0n) is 16.0. The second kappa shape index (κ2) is 7.79. The van der Waals surface area contributed by atoms with E-state index >= 15 is 0 Å². The third kappa shape index (κ3) is 3.59. The van der Waals surface area contributed by atoms with Crippen LogP contribution in [0, 0.1) is 0 Å². The van der Waals surface area contributed by atoms with Crippen LogP contribution >= 0.6 is 0 Å². The Morgan fingerprint density at radius 3 is 2.59 bits per heavy atom. The van der Waals surface area contributed by atoms with Gasteiger partial charge in [-0.25, -0.2) is 14.6 Å². The first-order chi connectivity index (χ1) is 14.1. The lowest BCUT2D eigenvalue weighted by atomic mass is 10.0. The number of hydrogen-bond donors (Lipinski definition) is 0. The van der Waals surface area contributed by atoms with Crippen molar-refractivity contribution < 1.29 is 28.5 Å². The van der Waals surface area contributed by atoms with E-state index in [9.17, 15) is 9.59 Å². The van der Waals surface area contributed by atoms with Crippen LogP contribution in [0.4, 0.5) is 0 Å². The Labute approximate surface area is 167 Å². The number of ether oxygens (including phenoxy) is 4. The van der Waals surface area contributed by atoms with Crippen LogP contribution in [-0.2, 0) is 14.3 Å².